The van der Waals surface area contributed by atoms with Crippen LogP contribution in [0.5, 0.6) is 0 Å². The number of hydrogen-bond donors (Lipinski definition) is 3. The smallest absolute Gasteiger partial charge is 0.270 e. The number of benzene rings is 2. The first-order valence-electron chi connectivity index (χ1n) is 11.9. The number of rotatable bonds is 4. The number of anilines is 2. The van der Waals surface area contributed by atoms with Crippen molar-refractivity contribution in [1.82, 2.24) is 14.9 Å². The van der Waals surface area contributed by atoms with Crippen LogP contribution in [0, 0.1) is 5.41 Å². The first kappa shape index (κ1) is 24.7. The molecule has 36 heavy (non-hydrogen) atoms. The van der Waals surface area contributed by atoms with Crippen molar-refractivity contribution in [2.45, 2.75) is 35.1 Å². The lowest BCUT2D eigenvalue weighted by Crippen LogP contribution is -2.46. The molecule has 1 amide bonds. The topological polar surface area (TPSA) is 119 Å². The number of nitrogens with one attached hydrogen (secondary N) is 1. The first-order chi connectivity index (χ1) is 17.3. The number of nitrogens with two attached hydrogens (primary N) is 2. The standard InChI is InChI=1S/C26H29ClN6O2S/c1-30-23(34)17-8-5-9-18(19(17)27)36-20-22(29)31-25(32(2)24(20)35)33-12-10-26(11-13-33)14-15-6-3-4-7-16(15)21(26)28/h3-9,21H,10-14,28-29H2,1-2H3,(H,30,34)/t21-/m1/s1. The van der Waals surface area contributed by atoms with Crippen molar-refractivity contribution in [3.8, 4) is 0 Å². The van der Waals surface area contributed by atoms with Gasteiger partial charge in [0.25, 0.3) is 11.5 Å². The molecule has 5 rings (SSSR count). The third kappa shape index (κ3) is 4.05. The van der Waals surface area contributed by atoms with E-state index >= 15 is 0 Å². The summed E-state index contributed by atoms with van der Waals surface area (Å²) in [5.41, 5.74) is 15.7. The van der Waals surface area contributed by atoms with Gasteiger partial charge in [0.05, 0.1) is 10.6 Å². The van der Waals surface area contributed by atoms with E-state index in [1.165, 1.54) is 22.7 Å². The predicted octanol–water partition coefficient (Wildman–Crippen LogP) is 3.37. The Kier molecular flexibility index (Phi) is 6.48. The molecule has 2 aromatic carbocycles. The van der Waals surface area contributed by atoms with Gasteiger partial charge in [0.15, 0.2) is 0 Å². The van der Waals surface area contributed by atoms with Gasteiger partial charge in [-0.1, -0.05) is 53.7 Å². The van der Waals surface area contributed by atoms with E-state index in [0.29, 0.717) is 16.4 Å². The molecule has 1 aliphatic carbocycles. The van der Waals surface area contributed by atoms with Crippen LogP contribution in [-0.4, -0.2) is 35.6 Å². The molecule has 1 spiro atoms. The quantitative estimate of drug-likeness (QED) is 0.478. The Labute approximate surface area is 219 Å². The third-order valence-electron chi connectivity index (χ3n) is 7.53. The van der Waals surface area contributed by atoms with E-state index in [2.05, 4.69) is 39.5 Å². The zero-order valence-electron chi connectivity index (χ0n) is 20.3. The molecule has 0 bridgehead atoms. The fraction of sp³-hybridized carbons (Fsp3) is 0.346. The molecule has 0 unspecified atom stereocenters. The molecule has 1 atom stereocenters. The SMILES string of the molecule is CNC(=O)c1cccc(Sc2c(N)nc(N3CCC4(CC3)Cc3ccccc3[C@H]4N)n(C)c2=O)c1Cl. The Hall–Kier alpha value is -3.01. The van der Waals surface area contributed by atoms with Crippen LogP contribution < -0.4 is 27.2 Å². The number of nitrogen functional groups attached to an aromatic ring is 1. The maximum Gasteiger partial charge on any atom is 0.270 e. The second kappa shape index (κ2) is 9.46. The van der Waals surface area contributed by atoms with Crippen molar-refractivity contribution in [1.29, 1.82) is 0 Å². The van der Waals surface area contributed by atoms with Crippen LogP contribution in [0.3, 0.4) is 0 Å². The Morgan fingerprint density at radius 3 is 2.61 bits per heavy atom. The number of nitrogens with zero attached hydrogens (tertiary/aromatic N) is 3. The predicted molar refractivity (Wildman–Crippen MR) is 144 cm³/mol. The third-order valence-corrected chi connectivity index (χ3v) is 9.20. The van der Waals surface area contributed by atoms with Gasteiger partial charge in [-0.2, -0.15) is 4.98 Å². The van der Waals surface area contributed by atoms with Crippen molar-refractivity contribution in [2.75, 3.05) is 30.8 Å². The van der Waals surface area contributed by atoms with E-state index in [4.69, 9.17) is 23.1 Å². The molecule has 1 saturated heterocycles. The van der Waals surface area contributed by atoms with Gasteiger partial charge in [-0.15, -0.1) is 0 Å². The summed E-state index contributed by atoms with van der Waals surface area (Å²) in [6, 6.07) is 13.6. The molecule has 2 aliphatic rings. The van der Waals surface area contributed by atoms with Crippen molar-refractivity contribution in [3.63, 3.8) is 0 Å². The summed E-state index contributed by atoms with van der Waals surface area (Å²) in [6.07, 6.45) is 2.81. The van der Waals surface area contributed by atoms with Gasteiger partial charge in [0.1, 0.15) is 10.7 Å². The van der Waals surface area contributed by atoms with Gasteiger partial charge in [-0.3, -0.25) is 14.2 Å². The maximum absolute atomic E-state index is 13.3. The molecule has 1 aromatic heterocycles. The van der Waals surface area contributed by atoms with E-state index in [1.807, 2.05) is 0 Å². The summed E-state index contributed by atoms with van der Waals surface area (Å²) >= 11 is 7.58. The molecule has 1 fully saturated rings. The van der Waals surface area contributed by atoms with Gasteiger partial charge >= 0.3 is 0 Å². The minimum absolute atomic E-state index is 0.0202. The lowest BCUT2D eigenvalue weighted by atomic mass is 9.73. The number of carbonyl (C=O) groups excluding carboxylic acids is 1. The average Bonchev–Trinajstić information content (AvgIpc) is 3.16. The van der Waals surface area contributed by atoms with E-state index in [1.54, 1.807) is 25.2 Å². The van der Waals surface area contributed by atoms with Crippen LogP contribution >= 0.6 is 23.4 Å². The van der Waals surface area contributed by atoms with Crippen molar-refractivity contribution >= 4 is 41.0 Å². The number of piperidine rings is 1. The molecule has 10 heteroatoms. The van der Waals surface area contributed by atoms with Crippen LogP contribution in [0.1, 0.15) is 40.4 Å². The number of carbonyl (C=O) groups is 1. The fourth-order valence-corrected chi connectivity index (χ4v) is 6.70. The van der Waals surface area contributed by atoms with Crippen LogP contribution in [0.4, 0.5) is 11.8 Å². The molecule has 188 valence electrons. The number of fused-ring (bicyclic) bond motifs is 1. The highest BCUT2D eigenvalue weighted by Gasteiger charge is 2.46. The highest BCUT2D eigenvalue weighted by atomic mass is 35.5. The highest BCUT2D eigenvalue weighted by Crippen LogP contribution is 2.51. The normalized spacial score (nSPS) is 18.3. The fourth-order valence-electron chi connectivity index (χ4n) is 5.43. The van der Waals surface area contributed by atoms with E-state index in [0.717, 1.165) is 44.1 Å². The highest BCUT2D eigenvalue weighted by molar-refractivity contribution is 7.99. The number of hydrogen-bond acceptors (Lipinski definition) is 7. The zero-order valence-corrected chi connectivity index (χ0v) is 21.8. The van der Waals surface area contributed by atoms with Crippen molar-refractivity contribution < 1.29 is 4.79 Å². The second-order valence-electron chi connectivity index (χ2n) is 9.49. The lowest BCUT2D eigenvalue weighted by Gasteiger charge is -2.42. The Bertz CT molecular complexity index is 1400. The maximum atomic E-state index is 13.3. The minimum Gasteiger partial charge on any atom is -0.382 e. The molecule has 8 nitrogen and oxygen atoms in total. The van der Waals surface area contributed by atoms with Gasteiger partial charge in [-0.05, 0) is 47.9 Å². The van der Waals surface area contributed by atoms with E-state index in [9.17, 15) is 9.59 Å². The molecular formula is C26H29ClN6O2S. The van der Waals surface area contributed by atoms with E-state index in [-0.39, 0.29) is 38.7 Å². The van der Waals surface area contributed by atoms with Gasteiger partial charge < -0.3 is 21.7 Å². The van der Waals surface area contributed by atoms with Crippen molar-refractivity contribution in [3.05, 3.63) is 74.5 Å². The molecule has 0 radical (unpaired) electrons. The average molecular weight is 525 g/mol. The molecule has 2 heterocycles. The monoisotopic (exact) mass is 524 g/mol. The van der Waals surface area contributed by atoms with Gasteiger partial charge in [0.2, 0.25) is 5.95 Å². The van der Waals surface area contributed by atoms with Gasteiger partial charge in [0, 0.05) is 38.1 Å². The summed E-state index contributed by atoms with van der Waals surface area (Å²) in [5, 5.41) is 2.83. The number of amides is 1. The van der Waals surface area contributed by atoms with Crippen LogP contribution in [0.15, 0.2) is 57.1 Å². The summed E-state index contributed by atoms with van der Waals surface area (Å²) in [6.45, 7) is 1.49. The zero-order chi connectivity index (χ0) is 25.6. The van der Waals surface area contributed by atoms with Gasteiger partial charge in [-0.25, -0.2) is 0 Å². The summed E-state index contributed by atoms with van der Waals surface area (Å²) in [4.78, 5) is 33.0. The van der Waals surface area contributed by atoms with Crippen LogP contribution in [0.25, 0.3) is 0 Å². The number of halogens is 1. The lowest BCUT2D eigenvalue weighted by molar-refractivity contribution is 0.0963. The second-order valence-corrected chi connectivity index (χ2v) is 10.9. The molecular weight excluding hydrogens is 496 g/mol. The van der Waals surface area contributed by atoms with Crippen molar-refractivity contribution in [2.24, 2.45) is 18.2 Å². The molecule has 1 aliphatic heterocycles. The largest absolute Gasteiger partial charge is 0.382 e. The Morgan fingerprint density at radius 2 is 1.92 bits per heavy atom. The summed E-state index contributed by atoms with van der Waals surface area (Å²) < 4.78 is 1.54. The molecule has 0 saturated carbocycles. The molecule has 3 aromatic rings. The minimum atomic E-state index is -0.301. The summed E-state index contributed by atoms with van der Waals surface area (Å²) in [5.74, 6) is 0.389. The van der Waals surface area contributed by atoms with E-state index < -0.39 is 0 Å². The number of aromatic nitrogens is 2. The Morgan fingerprint density at radius 1 is 1.19 bits per heavy atom. The van der Waals surface area contributed by atoms with Crippen LogP contribution in [-0.2, 0) is 13.5 Å². The molecule has 5 N–H and O–H groups in total. The summed E-state index contributed by atoms with van der Waals surface area (Å²) in [7, 11) is 3.24. The first-order valence-corrected chi connectivity index (χ1v) is 13.1. The Balaban J connectivity index is 1.38. The van der Waals surface area contributed by atoms with Crippen LogP contribution in [0.2, 0.25) is 5.02 Å².